The van der Waals surface area contributed by atoms with E-state index in [9.17, 15) is 13.2 Å². The number of rotatable bonds is 6. The SMILES string of the molecule is CCCCC(C)Nc1cc(C(F)(F)F)nc(NC)n1. The third-order valence-electron chi connectivity index (χ3n) is 2.63. The summed E-state index contributed by atoms with van der Waals surface area (Å²) in [7, 11) is 1.49. The molecule has 0 aliphatic heterocycles. The third-order valence-corrected chi connectivity index (χ3v) is 2.63. The highest BCUT2D eigenvalue weighted by Crippen LogP contribution is 2.29. The molecular formula is C12H19F3N4. The number of anilines is 2. The molecule has 108 valence electrons. The van der Waals surface area contributed by atoms with Crippen molar-refractivity contribution in [3.05, 3.63) is 11.8 Å². The summed E-state index contributed by atoms with van der Waals surface area (Å²) in [5.41, 5.74) is -0.947. The van der Waals surface area contributed by atoms with Gasteiger partial charge < -0.3 is 10.6 Å². The van der Waals surface area contributed by atoms with Crippen LogP contribution in [0.1, 0.15) is 38.8 Å². The van der Waals surface area contributed by atoms with Gasteiger partial charge in [0.15, 0.2) is 5.69 Å². The van der Waals surface area contributed by atoms with E-state index < -0.39 is 11.9 Å². The van der Waals surface area contributed by atoms with Crippen molar-refractivity contribution >= 4 is 11.8 Å². The van der Waals surface area contributed by atoms with E-state index in [-0.39, 0.29) is 17.8 Å². The van der Waals surface area contributed by atoms with Gasteiger partial charge in [0.1, 0.15) is 5.82 Å². The number of nitrogens with one attached hydrogen (secondary N) is 2. The molecule has 0 aliphatic rings. The zero-order valence-electron chi connectivity index (χ0n) is 11.3. The normalized spacial score (nSPS) is 13.2. The van der Waals surface area contributed by atoms with E-state index in [0.29, 0.717) is 0 Å². The zero-order valence-corrected chi connectivity index (χ0v) is 11.3. The number of alkyl halides is 3. The highest BCUT2D eigenvalue weighted by atomic mass is 19.4. The Balaban J connectivity index is 2.88. The Bertz CT molecular complexity index is 406. The Morgan fingerprint density at radius 1 is 1.32 bits per heavy atom. The molecule has 0 fully saturated rings. The molecule has 19 heavy (non-hydrogen) atoms. The van der Waals surface area contributed by atoms with Crippen molar-refractivity contribution in [2.75, 3.05) is 17.7 Å². The number of halogens is 3. The molecule has 1 rings (SSSR count). The molecule has 1 aromatic rings. The van der Waals surface area contributed by atoms with Crippen molar-refractivity contribution in [3.8, 4) is 0 Å². The molecule has 1 unspecified atom stereocenters. The van der Waals surface area contributed by atoms with E-state index in [0.717, 1.165) is 25.3 Å². The van der Waals surface area contributed by atoms with Gasteiger partial charge in [-0.15, -0.1) is 0 Å². The Labute approximate surface area is 110 Å². The number of nitrogens with zero attached hydrogens (tertiary/aromatic N) is 2. The first-order valence-corrected chi connectivity index (χ1v) is 6.27. The lowest BCUT2D eigenvalue weighted by atomic mass is 10.1. The third kappa shape index (κ3) is 4.92. The van der Waals surface area contributed by atoms with E-state index in [2.05, 4.69) is 27.5 Å². The lowest BCUT2D eigenvalue weighted by Gasteiger charge is -2.16. The van der Waals surface area contributed by atoms with Gasteiger partial charge in [-0.1, -0.05) is 19.8 Å². The monoisotopic (exact) mass is 276 g/mol. The Morgan fingerprint density at radius 2 is 2.00 bits per heavy atom. The van der Waals surface area contributed by atoms with Crippen molar-refractivity contribution in [2.45, 2.75) is 45.3 Å². The minimum Gasteiger partial charge on any atom is -0.367 e. The summed E-state index contributed by atoms with van der Waals surface area (Å²) in [6.45, 7) is 3.99. The van der Waals surface area contributed by atoms with Crippen LogP contribution in [0, 0.1) is 0 Å². The molecule has 2 N–H and O–H groups in total. The van der Waals surface area contributed by atoms with E-state index in [1.165, 1.54) is 7.05 Å². The predicted octanol–water partition coefficient (Wildman–Crippen LogP) is 3.53. The number of hydrogen-bond acceptors (Lipinski definition) is 4. The van der Waals surface area contributed by atoms with Crippen molar-refractivity contribution in [2.24, 2.45) is 0 Å². The lowest BCUT2D eigenvalue weighted by molar-refractivity contribution is -0.141. The molecule has 4 nitrogen and oxygen atoms in total. The molecule has 0 amide bonds. The molecule has 0 bridgehead atoms. The smallest absolute Gasteiger partial charge is 0.367 e. The molecule has 1 atom stereocenters. The van der Waals surface area contributed by atoms with Gasteiger partial charge in [0.25, 0.3) is 0 Å². The van der Waals surface area contributed by atoms with Crippen LogP contribution in [0.2, 0.25) is 0 Å². The first kappa shape index (κ1) is 15.5. The maximum Gasteiger partial charge on any atom is 0.433 e. The van der Waals surface area contributed by atoms with E-state index in [1.807, 2.05) is 6.92 Å². The number of aromatic nitrogens is 2. The fraction of sp³-hybridized carbons (Fsp3) is 0.667. The second kappa shape index (κ2) is 6.58. The van der Waals surface area contributed by atoms with Gasteiger partial charge >= 0.3 is 6.18 Å². The highest BCUT2D eigenvalue weighted by molar-refractivity contribution is 5.43. The van der Waals surface area contributed by atoms with Gasteiger partial charge in [-0.2, -0.15) is 18.2 Å². The zero-order chi connectivity index (χ0) is 14.5. The van der Waals surface area contributed by atoms with Crippen LogP contribution in [0.3, 0.4) is 0 Å². The molecular weight excluding hydrogens is 257 g/mol. The largest absolute Gasteiger partial charge is 0.433 e. The average Bonchev–Trinajstić information content (AvgIpc) is 2.34. The van der Waals surface area contributed by atoms with Gasteiger partial charge in [-0.3, -0.25) is 0 Å². The topological polar surface area (TPSA) is 49.8 Å². The maximum absolute atomic E-state index is 12.7. The van der Waals surface area contributed by atoms with Crippen LogP contribution in [0.4, 0.5) is 24.9 Å². The number of hydrogen-bond donors (Lipinski definition) is 2. The Morgan fingerprint density at radius 3 is 2.53 bits per heavy atom. The molecule has 0 saturated carbocycles. The van der Waals surface area contributed by atoms with E-state index in [4.69, 9.17) is 0 Å². The van der Waals surface area contributed by atoms with Crippen LogP contribution < -0.4 is 10.6 Å². The van der Waals surface area contributed by atoms with Crippen molar-refractivity contribution < 1.29 is 13.2 Å². The summed E-state index contributed by atoms with van der Waals surface area (Å²) >= 11 is 0. The molecule has 0 radical (unpaired) electrons. The second-order valence-corrected chi connectivity index (χ2v) is 4.40. The van der Waals surface area contributed by atoms with Crippen molar-refractivity contribution in [3.63, 3.8) is 0 Å². The average molecular weight is 276 g/mol. The standard InChI is InChI=1S/C12H19F3N4/c1-4-5-6-8(2)17-10-7-9(12(13,14)15)18-11(16-3)19-10/h7-8H,4-6H2,1-3H3,(H2,16,17,18,19). The van der Waals surface area contributed by atoms with E-state index >= 15 is 0 Å². The van der Waals surface area contributed by atoms with Gasteiger partial charge in [0.05, 0.1) is 0 Å². The molecule has 0 aliphatic carbocycles. The fourth-order valence-corrected chi connectivity index (χ4v) is 1.61. The molecule has 1 aromatic heterocycles. The van der Waals surface area contributed by atoms with Crippen LogP contribution in [-0.2, 0) is 6.18 Å². The summed E-state index contributed by atoms with van der Waals surface area (Å²) < 4.78 is 38.0. The quantitative estimate of drug-likeness (QED) is 0.834. The van der Waals surface area contributed by atoms with Gasteiger partial charge in [0.2, 0.25) is 5.95 Å². The molecule has 7 heteroatoms. The van der Waals surface area contributed by atoms with Crippen LogP contribution in [0.5, 0.6) is 0 Å². The van der Waals surface area contributed by atoms with Gasteiger partial charge in [0, 0.05) is 19.2 Å². The van der Waals surface area contributed by atoms with Crippen LogP contribution in [-0.4, -0.2) is 23.1 Å². The second-order valence-electron chi connectivity index (χ2n) is 4.40. The van der Waals surface area contributed by atoms with Gasteiger partial charge in [-0.05, 0) is 13.3 Å². The van der Waals surface area contributed by atoms with Crippen LogP contribution in [0.15, 0.2) is 6.07 Å². The summed E-state index contributed by atoms with van der Waals surface area (Å²) in [6.07, 6.45) is -1.52. The summed E-state index contributed by atoms with van der Waals surface area (Å²) in [6, 6.07) is 1.00. The fourth-order valence-electron chi connectivity index (χ4n) is 1.61. The molecule has 1 heterocycles. The first-order chi connectivity index (χ1) is 8.86. The molecule has 0 spiro atoms. The lowest BCUT2D eigenvalue weighted by Crippen LogP contribution is -2.18. The Hall–Kier alpha value is -1.53. The predicted molar refractivity (Wildman–Crippen MR) is 69.2 cm³/mol. The Kier molecular flexibility index (Phi) is 5.38. The summed E-state index contributed by atoms with van der Waals surface area (Å²) in [4.78, 5) is 7.39. The minimum atomic E-state index is -4.47. The molecule has 0 aromatic carbocycles. The summed E-state index contributed by atoms with van der Waals surface area (Å²) in [5.74, 6) is 0.148. The van der Waals surface area contributed by atoms with E-state index in [1.54, 1.807) is 0 Å². The molecule has 0 saturated heterocycles. The maximum atomic E-state index is 12.7. The number of unbranched alkanes of at least 4 members (excludes halogenated alkanes) is 1. The van der Waals surface area contributed by atoms with Crippen molar-refractivity contribution in [1.82, 2.24) is 9.97 Å². The van der Waals surface area contributed by atoms with Crippen LogP contribution >= 0.6 is 0 Å². The first-order valence-electron chi connectivity index (χ1n) is 6.27. The van der Waals surface area contributed by atoms with Crippen molar-refractivity contribution in [1.29, 1.82) is 0 Å². The van der Waals surface area contributed by atoms with Crippen LogP contribution in [0.25, 0.3) is 0 Å². The van der Waals surface area contributed by atoms with Gasteiger partial charge in [-0.25, -0.2) is 4.98 Å². The highest BCUT2D eigenvalue weighted by Gasteiger charge is 2.33. The minimum absolute atomic E-state index is 0.0417. The summed E-state index contributed by atoms with van der Waals surface area (Å²) in [5, 5.41) is 5.51.